The lowest BCUT2D eigenvalue weighted by atomic mass is 9.95. The van der Waals surface area contributed by atoms with E-state index in [2.05, 4.69) is 13.8 Å². The van der Waals surface area contributed by atoms with Crippen molar-refractivity contribution in [2.45, 2.75) is 38.0 Å². The van der Waals surface area contributed by atoms with Gasteiger partial charge in [-0.05, 0) is 30.0 Å². The topological polar surface area (TPSA) is 37.3 Å². The summed E-state index contributed by atoms with van der Waals surface area (Å²) in [5, 5.41) is 0. The lowest BCUT2D eigenvalue weighted by molar-refractivity contribution is 0.490. The first-order valence-corrected chi connectivity index (χ1v) is 6.47. The smallest absolute Gasteiger partial charge is 0.186 e. The van der Waals surface area contributed by atoms with E-state index >= 15 is 0 Å². The zero-order valence-corrected chi connectivity index (χ0v) is 10.1. The summed E-state index contributed by atoms with van der Waals surface area (Å²) < 4.78 is 19.6. The van der Waals surface area contributed by atoms with E-state index in [-0.39, 0.29) is 0 Å². The minimum absolute atomic E-state index is 0.475. The minimum Gasteiger partial charge on any atom is -0.302 e. The molecule has 0 spiro atoms. The van der Waals surface area contributed by atoms with Gasteiger partial charge in [0.05, 0.1) is 4.90 Å². The maximum absolute atomic E-state index is 10.8. The van der Waals surface area contributed by atoms with Crippen molar-refractivity contribution in [2.75, 3.05) is 0 Å². The standard InChI is InChI=1S/C12H18O2S/c1-3-10(4-2)9-11-5-7-12(8-6-11)15(13)14/h5-8,10H,3-4,9H2,1-2H3,(H,13,14). The molecule has 1 rings (SSSR count). The first kappa shape index (κ1) is 12.4. The molecule has 1 unspecified atom stereocenters. The van der Waals surface area contributed by atoms with Crippen molar-refractivity contribution < 1.29 is 8.76 Å². The molecule has 84 valence electrons. The highest BCUT2D eigenvalue weighted by Gasteiger charge is 2.05. The normalized spacial score (nSPS) is 13.1. The Hall–Kier alpha value is -0.670. The zero-order chi connectivity index (χ0) is 11.3. The van der Waals surface area contributed by atoms with Crippen LogP contribution in [0.4, 0.5) is 0 Å². The van der Waals surface area contributed by atoms with Crippen LogP contribution in [-0.4, -0.2) is 8.76 Å². The van der Waals surface area contributed by atoms with Crippen molar-refractivity contribution >= 4 is 11.1 Å². The first-order chi connectivity index (χ1) is 7.17. The molecule has 0 heterocycles. The molecule has 0 aliphatic heterocycles. The fourth-order valence-corrected chi connectivity index (χ4v) is 2.02. The van der Waals surface area contributed by atoms with Crippen LogP contribution in [0.3, 0.4) is 0 Å². The highest BCUT2D eigenvalue weighted by Crippen LogP contribution is 2.16. The zero-order valence-electron chi connectivity index (χ0n) is 9.27. The molecule has 1 aromatic rings. The van der Waals surface area contributed by atoms with E-state index in [1.54, 1.807) is 12.1 Å². The molecule has 0 radical (unpaired) electrons. The van der Waals surface area contributed by atoms with Crippen LogP contribution < -0.4 is 0 Å². The highest BCUT2D eigenvalue weighted by molar-refractivity contribution is 7.79. The Morgan fingerprint density at radius 1 is 1.20 bits per heavy atom. The van der Waals surface area contributed by atoms with Gasteiger partial charge in [0.1, 0.15) is 0 Å². The van der Waals surface area contributed by atoms with E-state index in [9.17, 15) is 4.21 Å². The number of benzene rings is 1. The largest absolute Gasteiger partial charge is 0.302 e. The number of hydrogen-bond acceptors (Lipinski definition) is 1. The third-order valence-electron chi connectivity index (χ3n) is 2.80. The van der Waals surface area contributed by atoms with Gasteiger partial charge in [0.15, 0.2) is 11.1 Å². The van der Waals surface area contributed by atoms with E-state index in [1.165, 1.54) is 18.4 Å². The molecule has 1 aromatic carbocycles. The van der Waals surface area contributed by atoms with Crippen LogP contribution in [0.2, 0.25) is 0 Å². The van der Waals surface area contributed by atoms with Gasteiger partial charge in [-0.25, -0.2) is 4.21 Å². The molecule has 3 heteroatoms. The van der Waals surface area contributed by atoms with Gasteiger partial charge in [-0.1, -0.05) is 38.8 Å². The van der Waals surface area contributed by atoms with Crippen LogP contribution in [0.1, 0.15) is 32.3 Å². The Labute approximate surface area is 94.0 Å². The first-order valence-electron chi connectivity index (χ1n) is 5.37. The quantitative estimate of drug-likeness (QED) is 0.782. The molecule has 1 N–H and O–H groups in total. The molecule has 0 aliphatic rings. The summed E-state index contributed by atoms with van der Waals surface area (Å²) in [6.07, 6.45) is 3.43. The van der Waals surface area contributed by atoms with Gasteiger partial charge < -0.3 is 4.55 Å². The molecule has 0 aliphatic carbocycles. The maximum atomic E-state index is 10.8. The monoisotopic (exact) mass is 226 g/mol. The molecule has 1 atom stereocenters. The molecular weight excluding hydrogens is 208 g/mol. The Balaban J connectivity index is 2.67. The van der Waals surface area contributed by atoms with Crippen LogP contribution in [0, 0.1) is 5.92 Å². The lowest BCUT2D eigenvalue weighted by Crippen LogP contribution is -2.01. The van der Waals surface area contributed by atoms with E-state index in [0.29, 0.717) is 4.90 Å². The van der Waals surface area contributed by atoms with E-state index in [4.69, 9.17) is 4.55 Å². The summed E-state index contributed by atoms with van der Waals surface area (Å²) in [6.45, 7) is 4.40. The summed E-state index contributed by atoms with van der Waals surface area (Å²) in [7, 11) is 0. The third-order valence-corrected chi connectivity index (χ3v) is 3.48. The van der Waals surface area contributed by atoms with Gasteiger partial charge in [-0.2, -0.15) is 0 Å². The van der Waals surface area contributed by atoms with Crippen molar-refractivity contribution in [2.24, 2.45) is 5.92 Å². The van der Waals surface area contributed by atoms with Crippen LogP contribution in [0.15, 0.2) is 29.2 Å². The van der Waals surface area contributed by atoms with Crippen LogP contribution >= 0.6 is 0 Å². The fourth-order valence-electron chi connectivity index (χ4n) is 1.65. The van der Waals surface area contributed by atoms with Gasteiger partial charge in [0.25, 0.3) is 0 Å². The van der Waals surface area contributed by atoms with Crippen LogP contribution in [0.5, 0.6) is 0 Å². The summed E-state index contributed by atoms with van der Waals surface area (Å²) in [5.74, 6) is 0.718. The second-order valence-electron chi connectivity index (χ2n) is 3.78. The summed E-state index contributed by atoms with van der Waals surface area (Å²) in [4.78, 5) is 0.475. The van der Waals surface area contributed by atoms with Crippen LogP contribution in [-0.2, 0) is 17.5 Å². The van der Waals surface area contributed by atoms with Crippen molar-refractivity contribution in [3.63, 3.8) is 0 Å². The number of hydrogen-bond donors (Lipinski definition) is 1. The second kappa shape index (κ2) is 6.03. The Morgan fingerprint density at radius 2 is 1.73 bits per heavy atom. The van der Waals surface area contributed by atoms with Gasteiger partial charge in [0.2, 0.25) is 0 Å². The Bertz CT molecular complexity index is 315. The maximum Gasteiger partial charge on any atom is 0.186 e. The molecule has 0 fully saturated rings. The molecule has 15 heavy (non-hydrogen) atoms. The predicted octanol–water partition coefficient (Wildman–Crippen LogP) is 3.25. The molecular formula is C12H18O2S. The lowest BCUT2D eigenvalue weighted by Gasteiger charge is -2.11. The van der Waals surface area contributed by atoms with Gasteiger partial charge in [0, 0.05) is 0 Å². The predicted molar refractivity (Wildman–Crippen MR) is 63.3 cm³/mol. The molecule has 2 nitrogen and oxygen atoms in total. The minimum atomic E-state index is -1.85. The molecule has 0 bridgehead atoms. The molecule has 0 aromatic heterocycles. The van der Waals surface area contributed by atoms with Crippen molar-refractivity contribution in [1.29, 1.82) is 0 Å². The highest BCUT2D eigenvalue weighted by atomic mass is 32.2. The van der Waals surface area contributed by atoms with Crippen molar-refractivity contribution in [3.05, 3.63) is 29.8 Å². The average Bonchev–Trinajstić information content (AvgIpc) is 2.26. The summed E-state index contributed by atoms with van der Waals surface area (Å²) in [6, 6.07) is 7.35. The van der Waals surface area contributed by atoms with Crippen molar-refractivity contribution in [3.8, 4) is 0 Å². The van der Waals surface area contributed by atoms with E-state index < -0.39 is 11.1 Å². The third kappa shape index (κ3) is 3.76. The van der Waals surface area contributed by atoms with Gasteiger partial charge in [-0.15, -0.1) is 0 Å². The van der Waals surface area contributed by atoms with E-state index in [1.807, 2.05) is 12.1 Å². The van der Waals surface area contributed by atoms with Crippen molar-refractivity contribution in [1.82, 2.24) is 0 Å². The summed E-state index contributed by atoms with van der Waals surface area (Å²) in [5.41, 5.74) is 1.25. The van der Waals surface area contributed by atoms with Crippen LogP contribution in [0.25, 0.3) is 0 Å². The Kier molecular flexibility index (Phi) is 4.99. The summed E-state index contributed by atoms with van der Waals surface area (Å²) >= 11 is -1.85. The molecule has 0 amide bonds. The average molecular weight is 226 g/mol. The molecule has 0 saturated heterocycles. The van der Waals surface area contributed by atoms with Gasteiger partial charge in [-0.3, -0.25) is 0 Å². The SMILES string of the molecule is CCC(CC)Cc1ccc(S(=O)O)cc1. The molecule has 0 saturated carbocycles. The number of rotatable bonds is 5. The van der Waals surface area contributed by atoms with E-state index in [0.717, 1.165) is 12.3 Å². The second-order valence-corrected chi connectivity index (χ2v) is 4.75. The van der Waals surface area contributed by atoms with Gasteiger partial charge >= 0.3 is 0 Å². The Morgan fingerprint density at radius 3 is 2.13 bits per heavy atom. The fraction of sp³-hybridized carbons (Fsp3) is 0.500.